The van der Waals surface area contributed by atoms with E-state index in [1.54, 1.807) is 18.3 Å². The normalized spacial score (nSPS) is 15.4. The number of para-hydroxylation sites is 1. The lowest BCUT2D eigenvalue weighted by Crippen LogP contribution is -2.42. The molecule has 0 atom stereocenters. The smallest absolute Gasteiger partial charge is 0.233 e. The van der Waals surface area contributed by atoms with Gasteiger partial charge in [0.05, 0.1) is 6.42 Å². The molecule has 1 aliphatic heterocycles. The van der Waals surface area contributed by atoms with Crippen LogP contribution in [0.15, 0.2) is 47.1 Å². The van der Waals surface area contributed by atoms with Crippen molar-refractivity contribution >= 4 is 16.9 Å². The Labute approximate surface area is 144 Å². The van der Waals surface area contributed by atoms with Crippen molar-refractivity contribution < 1.29 is 14.1 Å². The van der Waals surface area contributed by atoms with Gasteiger partial charge in [0.1, 0.15) is 11.8 Å². The second-order valence-corrected chi connectivity index (χ2v) is 6.06. The van der Waals surface area contributed by atoms with Crippen molar-refractivity contribution in [1.82, 2.24) is 20.3 Å². The van der Waals surface area contributed by atoms with Gasteiger partial charge in [-0.15, -0.1) is 5.10 Å². The van der Waals surface area contributed by atoms with Crippen LogP contribution in [0.25, 0.3) is 11.0 Å². The Balaban J connectivity index is 1.33. The number of aromatic nitrogens is 3. The summed E-state index contributed by atoms with van der Waals surface area (Å²) in [6, 6.07) is 11.2. The number of carbonyl (C=O) groups excluding carboxylic acids is 1. The average molecular weight is 338 g/mol. The van der Waals surface area contributed by atoms with Crippen molar-refractivity contribution in [3.63, 3.8) is 0 Å². The van der Waals surface area contributed by atoms with Crippen LogP contribution in [-0.2, 0) is 11.2 Å². The van der Waals surface area contributed by atoms with Gasteiger partial charge in [0.2, 0.25) is 11.8 Å². The minimum absolute atomic E-state index is 0.0635. The molecule has 1 saturated heterocycles. The van der Waals surface area contributed by atoms with E-state index < -0.39 is 0 Å². The van der Waals surface area contributed by atoms with E-state index in [4.69, 9.17) is 9.26 Å². The summed E-state index contributed by atoms with van der Waals surface area (Å²) < 4.78 is 11.1. The van der Waals surface area contributed by atoms with Crippen molar-refractivity contribution in [3.05, 3.63) is 48.3 Å². The standard InChI is InChI=1S/C18H18N4O3/c23-18(12-15-14-4-1-2-5-16(14)25-21-15)22-10-7-13(8-11-22)24-17-6-3-9-19-20-17/h1-6,9,13H,7-8,10-12H2. The molecule has 1 fully saturated rings. The summed E-state index contributed by atoms with van der Waals surface area (Å²) >= 11 is 0. The predicted molar refractivity (Wildman–Crippen MR) is 90.0 cm³/mol. The zero-order valence-corrected chi connectivity index (χ0v) is 13.7. The van der Waals surface area contributed by atoms with Crippen LogP contribution in [0, 0.1) is 0 Å². The number of piperidine rings is 1. The molecule has 1 aromatic carbocycles. The summed E-state index contributed by atoms with van der Waals surface area (Å²) in [6.07, 6.45) is 3.49. The molecule has 0 bridgehead atoms. The quantitative estimate of drug-likeness (QED) is 0.725. The first-order valence-electron chi connectivity index (χ1n) is 8.35. The Bertz CT molecular complexity index is 857. The Morgan fingerprint density at radius 2 is 2.04 bits per heavy atom. The summed E-state index contributed by atoms with van der Waals surface area (Å²) in [5.74, 6) is 0.596. The van der Waals surface area contributed by atoms with E-state index in [1.165, 1.54) is 0 Å². The molecule has 128 valence electrons. The number of rotatable bonds is 4. The van der Waals surface area contributed by atoms with Crippen LogP contribution < -0.4 is 4.74 Å². The van der Waals surface area contributed by atoms with Gasteiger partial charge in [-0.3, -0.25) is 4.79 Å². The molecule has 0 unspecified atom stereocenters. The van der Waals surface area contributed by atoms with Crippen molar-refractivity contribution in [2.24, 2.45) is 0 Å². The monoisotopic (exact) mass is 338 g/mol. The Morgan fingerprint density at radius 1 is 1.20 bits per heavy atom. The van der Waals surface area contributed by atoms with Gasteiger partial charge in [-0.2, -0.15) is 5.10 Å². The van der Waals surface area contributed by atoms with Crippen LogP contribution in [0.1, 0.15) is 18.5 Å². The van der Waals surface area contributed by atoms with Crippen molar-refractivity contribution in [3.8, 4) is 5.88 Å². The van der Waals surface area contributed by atoms with Crippen LogP contribution in [0.2, 0.25) is 0 Å². The molecular weight excluding hydrogens is 320 g/mol. The zero-order valence-electron chi connectivity index (χ0n) is 13.7. The first-order chi connectivity index (χ1) is 12.3. The summed E-state index contributed by atoms with van der Waals surface area (Å²) in [6.45, 7) is 1.33. The summed E-state index contributed by atoms with van der Waals surface area (Å²) in [5.41, 5.74) is 1.40. The molecule has 3 aromatic rings. The molecule has 4 rings (SSSR count). The molecule has 0 aliphatic carbocycles. The fourth-order valence-electron chi connectivity index (χ4n) is 3.06. The van der Waals surface area contributed by atoms with Gasteiger partial charge in [0.15, 0.2) is 5.58 Å². The van der Waals surface area contributed by atoms with Crippen LogP contribution in [0.5, 0.6) is 5.88 Å². The number of hydrogen-bond acceptors (Lipinski definition) is 6. The minimum Gasteiger partial charge on any atom is -0.473 e. The molecular formula is C18H18N4O3. The number of likely N-dealkylation sites (tertiary alicyclic amines) is 1. The van der Waals surface area contributed by atoms with Gasteiger partial charge < -0.3 is 14.2 Å². The molecule has 0 N–H and O–H groups in total. The van der Waals surface area contributed by atoms with E-state index in [-0.39, 0.29) is 18.4 Å². The van der Waals surface area contributed by atoms with Crippen LogP contribution in [0.4, 0.5) is 0 Å². The number of ether oxygens (including phenoxy) is 1. The van der Waals surface area contributed by atoms with Gasteiger partial charge in [0, 0.05) is 43.6 Å². The number of nitrogens with zero attached hydrogens (tertiary/aromatic N) is 4. The maximum absolute atomic E-state index is 12.6. The van der Waals surface area contributed by atoms with E-state index >= 15 is 0 Å². The first kappa shape index (κ1) is 15.6. The third-order valence-electron chi connectivity index (χ3n) is 4.40. The Hall–Kier alpha value is -2.96. The fraction of sp³-hybridized carbons (Fsp3) is 0.333. The maximum Gasteiger partial charge on any atom is 0.233 e. The van der Waals surface area contributed by atoms with E-state index in [9.17, 15) is 4.79 Å². The van der Waals surface area contributed by atoms with Crippen LogP contribution >= 0.6 is 0 Å². The average Bonchev–Trinajstić information content (AvgIpc) is 3.06. The molecule has 2 aromatic heterocycles. The third kappa shape index (κ3) is 3.45. The minimum atomic E-state index is 0.0635. The molecule has 1 amide bonds. The molecule has 7 heteroatoms. The van der Waals surface area contributed by atoms with Gasteiger partial charge >= 0.3 is 0 Å². The van der Waals surface area contributed by atoms with E-state index in [1.807, 2.05) is 29.2 Å². The summed E-state index contributed by atoms with van der Waals surface area (Å²) in [7, 11) is 0. The number of amides is 1. The Kier molecular flexibility index (Phi) is 4.28. The third-order valence-corrected chi connectivity index (χ3v) is 4.40. The van der Waals surface area contributed by atoms with E-state index in [0.29, 0.717) is 30.2 Å². The second kappa shape index (κ2) is 6.88. The number of benzene rings is 1. The maximum atomic E-state index is 12.6. The molecule has 7 nitrogen and oxygen atoms in total. The summed E-state index contributed by atoms with van der Waals surface area (Å²) in [4.78, 5) is 14.4. The molecule has 0 saturated carbocycles. The van der Waals surface area contributed by atoms with Crippen molar-refractivity contribution in [2.45, 2.75) is 25.4 Å². The van der Waals surface area contributed by atoms with Crippen LogP contribution in [0.3, 0.4) is 0 Å². The Morgan fingerprint density at radius 3 is 2.84 bits per heavy atom. The highest BCUT2D eigenvalue weighted by Gasteiger charge is 2.25. The van der Waals surface area contributed by atoms with Gasteiger partial charge in [-0.25, -0.2) is 0 Å². The summed E-state index contributed by atoms with van der Waals surface area (Å²) in [5, 5.41) is 12.7. The SMILES string of the molecule is O=C(Cc1noc2ccccc12)N1CCC(Oc2cccnn2)CC1. The molecule has 0 spiro atoms. The highest BCUT2D eigenvalue weighted by molar-refractivity contribution is 5.86. The second-order valence-electron chi connectivity index (χ2n) is 6.06. The zero-order chi connectivity index (χ0) is 17.1. The van der Waals surface area contributed by atoms with Crippen molar-refractivity contribution in [1.29, 1.82) is 0 Å². The van der Waals surface area contributed by atoms with Gasteiger partial charge in [0.25, 0.3) is 0 Å². The highest BCUT2D eigenvalue weighted by atomic mass is 16.5. The van der Waals surface area contributed by atoms with Crippen LogP contribution in [-0.4, -0.2) is 45.4 Å². The lowest BCUT2D eigenvalue weighted by Gasteiger charge is -2.31. The molecule has 1 aliphatic rings. The topological polar surface area (TPSA) is 81.4 Å². The largest absolute Gasteiger partial charge is 0.473 e. The number of hydrogen-bond donors (Lipinski definition) is 0. The van der Waals surface area contributed by atoms with E-state index in [0.717, 1.165) is 18.2 Å². The van der Waals surface area contributed by atoms with Gasteiger partial charge in [-0.05, 0) is 18.2 Å². The lowest BCUT2D eigenvalue weighted by molar-refractivity contribution is -0.132. The number of carbonyl (C=O) groups is 1. The first-order valence-corrected chi connectivity index (χ1v) is 8.35. The predicted octanol–water partition coefficient (Wildman–Crippen LogP) is 2.23. The molecule has 3 heterocycles. The molecule has 25 heavy (non-hydrogen) atoms. The fourth-order valence-corrected chi connectivity index (χ4v) is 3.06. The highest BCUT2D eigenvalue weighted by Crippen LogP contribution is 2.21. The van der Waals surface area contributed by atoms with Crippen molar-refractivity contribution in [2.75, 3.05) is 13.1 Å². The molecule has 0 radical (unpaired) electrons. The number of fused-ring (bicyclic) bond motifs is 1. The van der Waals surface area contributed by atoms with E-state index in [2.05, 4.69) is 15.4 Å². The lowest BCUT2D eigenvalue weighted by atomic mass is 10.1. The van der Waals surface area contributed by atoms with Gasteiger partial charge in [-0.1, -0.05) is 17.3 Å².